The van der Waals surface area contributed by atoms with Crippen molar-refractivity contribution < 1.29 is 52.2 Å². The topological polar surface area (TPSA) is 155 Å². The van der Waals surface area contributed by atoms with E-state index in [1.165, 1.54) is 135 Å². The lowest BCUT2D eigenvalue weighted by molar-refractivity contribution is -0.161. The second-order valence-corrected chi connectivity index (χ2v) is 23.0. The first-order valence-electron chi connectivity index (χ1n) is 32.2. The van der Waals surface area contributed by atoms with Crippen molar-refractivity contribution in [1.82, 2.24) is 0 Å². The van der Waals surface area contributed by atoms with E-state index in [0.717, 1.165) is 109 Å². The van der Waals surface area contributed by atoms with Crippen LogP contribution in [0.25, 0.3) is 0 Å². The zero-order valence-electron chi connectivity index (χ0n) is 50.4. The Morgan fingerprint density at radius 2 is 0.667 bits per heavy atom. The maximum atomic E-state index is 13.0. The van der Waals surface area contributed by atoms with Crippen LogP contribution in [0.15, 0.2) is 60.8 Å². The van der Waals surface area contributed by atoms with Crippen LogP contribution in [0, 0.1) is 0 Å². The summed E-state index contributed by atoms with van der Waals surface area (Å²) >= 11 is 0. The SMILES string of the molecule is CC/C=C\C/C=C\C/C=C\CCCCCCCCCC(=O)OCC(COP(=O)(O)OCC(CO)OC(=O)CCCCCCCCC/C=C\CCCCCCCC)OC(=O)CCCCCCCCC/C=C\CCCCCCCC. The van der Waals surface area contributed by atoms with Gasteiger partial charge in [0.25, 0.3) is 0 Å². The second-order valence-electron chi connectivity index (χ2n) is 21.5. The van der Waals surface area contributed by atoms with Gasteiger partial charge in [-0.25, -0.2) is 4.57 Å². The number of carbonyl (C=O) groups is 3. The van der Waals surface area contributed by atoms with Crippen LogP contribution in [-0.2, 0) is 42.2 Å². The summed E-state index contributed by atoms with van der Waals surface area (Å²) in [6.45, 7) is 4.56. The summed E-state index contributed by atoms with van der Waals surface area (Å²) in [5.41, 5.74) is 0. The maximum Gasteiger partial charge on any atom is 0.472 e. The summed E-state index contributed by atoms with van der Waals surface area (Å²) < 4.78 is 39.7. The highest BCUT2D eigenvalue weighted by Gasteiger charge is 2.28. The number of hydrogen-bond donors (Lipinski definition) is 2. The van der Waals surface area contributed by atoms with Gasteiger partial charge >= 0.3 is 25.7 Å². The Morgan fingerprint density at radius 3 is 1.04 bits per heavy atom. The summed E-state index contributed by atoms with van der Waals surface area (Å²) in [5, 5.41) is 9.85. The van der Waals surface area contributed by atoms with Gasteiger partial charge in [-0.2, -0.15) is 0 Å². The van der Waals surface area contributed by atoms with Gasteiger partial charge in [-0.1, -0.05) is 242 Å². The number of rotatable bonds is 60. The first kappa shape index (κ1) is 75.2. The van der Waals surface area contributed by atoms with Crippen LogP contribution in [0.5, 0.6) is 0 Å². The molecule has 0 aromatic heterocycles. The molecule has 0 saturated carbocycles. The number of phosphoric ester groups is 1. The highest BCUT2D eigenvalue weighted by Crippen LogP contribution is 2.43. The molecule has 0 rings (SSSR count). The Labute approximate surface area is 478 Å². The zero-order chi connectivity index (χ0) is 56.9. The minimum atomic E-state index is -4.76. The molecule has 12 heteroatoms. The molecule has 2 N–H and O–H groups in total. The van der Waals surface area contributed by atoms with Gasteiger partial charge in [0, 0.05) is 19.3 Å². The Morgan fingerprint density at radius 1 is 0.372 bits per heavy atom. The molecule has 454 valence electrons. The molecule has 0 aromatic carbocycles. The molecule has 0 fully saturated rings. The fourth-order valence-electron chi connectivity index (χ4n) is 9.01. The smallest absolute Gasteiger partial charge is 0.462 e. The molecular weight excluding hydrogens is 1000 g/mol. The number of aliphatic hydroxyl groups is 1. The van der Waals surface area contributed by atoms with Crippen LogP contribution in [0.4, 0.5) is 0 Å². The van der Waals surface area contributed by atoms with Crippen LogP contribution >= 0.6 is 7.82 Å². The van der Waals surface area contributed by atoms with Gasteiger partial charge in [-0.3, -0.25) is 23.4 Å². The van der Waals surface area contributed by atoms with E-state index in [4.69, 9.17) is 23.3 Å². The highest BCUT2D eigenvalue weighted by molar-refractivity contribution is 7.47. The lowest BCUT2D eigenvalue weighted by Gasteiger charge is -2.21. The summed E-state index contributed by atoms with van der Waals surface area (Å²) in [7, 11) is -4.76. The molecule has 0 aliphatic carbocycles. The van der Waals surface area contributed by atoms with Crippen molar-refractivity contribution in [3.05, 3.63) is 60.8 Å². The van der Waals surface area contributed by atoms with Gasteiger partial charge in [0.15, 0.2) is 6.10 Å². The monoisotopic (exact) mass is 1120 g/mol. The Balaban J connectivity index is 4.69. The number of unbranched alkanes of at least 4 members (excludes halogenated alkanes) is 33. The highest BCUT2D eigenvalue weighted by atomic mass is 31.2. The van der Waals surface area contributed by atoms with E-state index < -0.39 is 57.8 Å². The van der Waals surface area contributed by atoms with E-state index in [1.807, 2.05) is 0 Å². The molecule has 78 heavy (non-hydrogen) atoms. The molecule has 0 aliphatic rings. The van der Waals surface area contributed by atoms with E-state index in [9.17, 15) is 28.9 Å². The summed E-state index contributed by atoms with van der Waals surface area (Å²) in [5.74, 6) is -1.47. The van der Waals surface area contributed by atoms with Crippen LogP contribution in [0.3, 0.4) is 0 Å². The third kappa shape index (κ3) is 57.9. The second kappa shape index (κ2) is 60.3. The van der Waals surface area contributed by atoms with Crippen molar-refractivity contribution in [2.75, 3.05) is 26.4 Å². The van der Waals surface area contributed by atoms with Crippen molar-refractivity contribution in [3.8, 4) is 0 Å². The number of hydrogen-bond acceptors (Lipinski definition) is 10. The number of aliphatic hydroxyl groups excluding tert-OH is 1. The first-order chi connectivity index (χ1) is 38.2. The molecule has 0 saturated heterocycles. The lowest BCUT2D eigenvalue weighted by atomic mass is 10.1. The van der Waals surface area contributed by atoms with E-state index in [0.29, 0.717) is 19.3 Å². The fraction of sp³-hybridized carbons (Fsp3) is 0.803. The molecule has 0 aromatic rings. The maximum absolute atomic E-state index is 13.0. The van der Waals surface area contributed by atoms with Crippen molar-refractivity contribution in [3.63, 3.8) is 0 Å². The number of esters is 3. The summed E-state index contributed by atoms with van der Waals surface area (Å²) in [4.78, 5) is 48.7. The van der Waals surface area contributed by atoms with Gasteiger partial charge in [0.2, 0.25) is 0 Å². The molecule has 0 amide bonds. The van der Waals surface area contributed by atoms with Gasteiger partial charge in [0.1, 0.15) is 12.7 Å². The van der Waals surface area contributed by atoms with E-state index in [1.54, 1.807) is 0 Å². The molecule has 3 unspecified atom stereocenters. The molecule has 0 heterocycles. The van der Waals surface area contributed by atoms with Gasteiger partial charge in [-0.15, -0.1) is 0 Å². The predicted octanol–water partition coefficient (Wildman–Crippen LogP) is 19.5. The average molecular weight is 1120 g/mol. The molecule has 0 spiro atoms. The van der Waals surface area contributed by atoms with Crippen molar-refractivity contribution in [2.24, 2.45) is 0 Å². The number of phosphoric acid groups is 1. The lowest BCUT2D eigenvalue weighted by Crippen LogP contribution is -2.30. The molecule has 0 bridgehead atoms. The van der Waals surface area contributed by atoms with Crippen molar-refractivity contribution >= 4 is 25.7 Å². The minimum absolute atomic E-state index is 0.161. The van der Waals surface area contributed by atoms with E-state index in [-0.39, 0.29) is 25.9 Å². The Kier molecular flexibility index (Phi) is 58.1. The number of carbonyl (C=O) groups excluding carboxylic acids is 3. The van der Waals surface area contributed by atoms with Crippen LogP contribution < -0.4 is 0 Å². The molecule has 3 atom stereocenters. The molecular formula is C66H119O11P. The fourth-order valence-corrected chi connectivity index (χ4v) is 9.79. The van der Waals surface area contributed by atoms with Gasteiger partial charge in [-0.05, 0) is 103 Å². The van der Waals surface area contributed by atoms with E-state index >= 15 is 0 Å². The standard InChI is InChI=1S/C66H119O11P/c1-4-7-10-13-16-19-22-25-28-31-34-37-40-43-46-49-52-55-64(68)73-59-63(77-66(70)57-54-51-48-45-42-39-36-33-30-27-24-21-18-15-12-9-6-3)61-75-78(71,72)74-60-62(58-67)76-65(69)56-53-50-47-44-41-38-35-32-29-26-23-20-17-14-11-8-5-2/h7,10,16,19,25-30,62-63,67H,4-6,8-9,11-15,17-18,20-24,31-61H2,1-3H3,(H,71,72)/b10-7-,19-16-,28-25-,29-26-,30-27-. The van der Waals surface area contributed by atoms with Crippen LogP contribution in [0.1, 0.15) is 303 Å². The third-order valence-electron chi connectivity index (χ3n) is 13.9. The summed E-state index contributed by atoms with van der Waals surface area (Å²) in [6, 6.07) is 0. The van der Waals surface area contributed by atoms with Crippen molar-refractivity contribution in [1.29, 1.82) is 0 Å². The predicted molar refractivity (Wildman–Crippen MR) is 325 cm³/mol. The largest absolute Gasteiger partial charge is 0.472 e. The first-order valence-corrected chi connectivity index (χ1v) is 33.7. The Hall–Kier alpha value is -2.82. The average Bonchev–Trinajstić information content (AvgIpc) is 3.43. The number of ether oxygens (including phenoxy) is 3. The van der Waals surface area contributed by atoms with Crippen LogP contribution in [-0.4, -0.2) is 66.5 Å². The van der Waals surface area contributed by atoms with E-state index in [2.05, 4.69) is 81.5 Å². The van der Waals surface area contributed by atoms with Gasteiger partial charge < -0.3 is 24.2 Å². The van der Waals surface area contributed by atoms with Gasteiger partial charge in [0.05, 0.1) is 19.8 Å². The normalized spacial score (nSPS) is 13.7. The molecule has 0 radical (unpaired) electrons. The third-order valence-corrected chi connectivity index (χ3v) is 14.8. The number of allylic oxidation sites excluding steroid dienone is 10. The Bertz CT molecular complexity index is 1540. The molecule has 11 nitrogen and oxygen atoms in total. The zero-order valence-corrected chi connectivity index (χ0v) is 51.3. The molecule has 0 aliphatic heterocycles. The quantitative estimate of drug-likeness (QED) is 0.0197. The minimum Gasteiger partial charge on any atom is -0.462 e. The van der Waals surface area contributed by atoms with Crippen molar-refractivity contribution in [2.45, 2.75) is 315 Å². The summed E-state index contributed by atoms with van der Waals surface area (Å²) in [6.07, 6.45) is 67.4. The van der Waals surface area contributed by atoms with Crippen LogP contribution in [0.2, 0.25) is 0 Å².